The summed E-state index contributed by atoms with van der Waals surface area (Å²) in [6.07, 6.45) is 4.83. The lowest BCUT2D eigenvalue weighted by Crippen LogP contribution is -1.39. The van der Waals surface area contributed by atoms with E-state index in [0.29, 0.717) is 0 Å². The predicted molar refractivity (Wildman–Crippen MR) is 23.8 cm³/mol. The Morgan fingerprint density at radius 3 is 2.60 bits per heavy atom. The zero-order valence-electron chi connectivity index (χ0n) is 2.91. The molecule has 0 N–H and O–H groups in total. The van der Waals surface area contributed by atoms with Gasteiger partial charge in [0.05, 0.1) is 0 Å². The van der Waals surface area contributed by atoms with Gasteiger partial charge in [0.1, 0.15) is 0 Å². The van der Waals surface area contributed by atoms with Gasteiger partial charge in [0.2, 0.25) is 0 Å². The molecule has 0 aromatic carbocycles. The van der Waals surface area contributed by atoms with Crippen LogP contribution in [0.4, 0.5) is 0 Å². The van der Waals surface area contributed by atoms with Crippen LogP contribution in [0.15, 0.2) is 10.6 Å². The van der Waals surface area contributed by atoms with Gasteiger partial charge in [-0.1, -0.05) is 0 Å². The van der Waals surface area contributed by atoms with Gasteiger partial charge in [-0.05, 0) is 6.26 Å². The van der Waals surface area contributed by atoms with E-state index in [0.717, 1.165) is 0 Å². The maximum absolute atomic E-state index is 2.81. The Morgan fingerprint density at radius 1 is 2.00 bits per heavy atom. The van der Waals surface area contributed by atoms with E-state index in [2.05, 4.69) is 11.8 Å². The molecule has 1 aliphatic rings. The van der Waals surface area contributed by atoms with Crippen molar-refractivity contribution in [1.82, 2.24) is 0 Å². The number of hydrogen-bond acceptors (Lipinski definition) is 1. The fraction of sp³-hybridized carbons (Fsp3) is 0.250. The van der Waals surface area contributed by atoms with Crippen molar-refractivity contribution in [2.75, 3.05) is 6.26 Å². The van der Waals surface area contributed by atoms with E-state index in [1.807, 2.05) is 6.26 Å². The standard InChI is InChI=1S/C4H3S/c1-5-4-2-3-4/h1H3/q-1. The molecule has 1 rings (SSSR count). The molecule has 5 heavy (non-hydrogen) atoms. The van der Waals surface area contributed by atoms with E-state index in [4.69, 9.17) is 0 Å². The van der Waals surface area contributed by atoms with Crippen LogP contribution in [0.1, 0.15) is 0 Å². The molecule has 0 amide bonds. The van der Waals surface area contributed by atoms with Crippen molar-refractivity contribution in [2.24, 2.45) is 0 Å². The summed E-state index contributed by atoms with van der Waals surface area (Å²) in [4.78, 5) is 1.17. The highest BCUT2D eigenvalue weighted by molar-refractivity contribution is 8.02. The van der Waals surface area contributed by atoms with E-state index in [-0.39, 0.29) is 0 Å². The van der Waals surface area contributed by atoms with Gasteiger partial charge in [-0.25, -0.2) is 11.8 Å². The second-order valence-corrected chi connectivity index (χ2v) is 1.60. The van der Waals surface area contributed by atoms with Crippen LogP contribution in [0, 0.1) is 6.08 Å². The highest BCUT2D eigenvalue weighted by Crippen LogP contribution is 2.17. The molecule has 0 bridgehead atoms. The average Bonchev–Trinajstić information content (AvgIpc) is 2.12. The molecule has 26 valence electrons. The number of hydrogen-bond donors (Lipinski definition) is 0. The minimum Gasteiger partial charge on any atom is -0.407 e. The van der Waals surface area contributed by atoms with Crippen LogP contribution in [-0.2, 0) is 0 Å². The number of rotatable bonds is 1. The van der Waals surface area contributed by atoms with Crippen LogP contribution in [-0.4, -0.2) is 6.26 Å². The highest BCUT2D eigenvalue weighted by Gasteiger charge is 1.70. The van der Waals surface area contributed by atoms with E-state index in [1.54, 1.807) is 11.8 Å². The van der Waals surface area contributed by atoms with Crippen LogP contribution in [0.5, 0.6) is 0 Å². The lowest BCUT2D eigenvalue weighted by Gasteiger charge is -1.83. The van der Waals surface area contributed by atoms with Crippen molar-refractivity contribution in [2.45, 2.75) is 0 Å². The molecule has 1 heteroatoms. The summed E-state index contributed by atoms with van der Waals surface area (Å²) in [5, 5.41) is 0. The highest BCUT2D eigenvalue weighted by atomic mass is 32.2. The molecule has 0 unspecified atom stereocenters. The Bertz CT molecular complexity index is 96.2. The van der Waals surface area contributed by atoms with Crippen LogP contribution >= 0.6 is 11.8 Å². The second-order valence-electron chi connectivity index (χ2n) is 0.783. The minimum atomic E-state index is 1.17. The van der Waals surface area contributed by atoms with Gasteiger partial charge in [-0.15, -0.1) is 0 Å². The Hall–Kier alpha value is -0.130. The summed E-state index contributed by atoms with van der Waals surface area (Å²) in [5.74, 6) is 0. The van der Waals surface area contributed by atoms with Crippen molar-refractivity contribution >= 4 is 11.8 Å². The molecule has 0 spiro atoms. The number of thioether (sulfide) groups is 1. The van der Waals surface area contributed by atoms with Crippen molar-refractivity contribution in [3.05, 3.63) is 16.7 Å². The van der Waals surface area contributed by atoms with E-state index >= 15 is 0 Å². The second kappa shape index (κ2) is 0.925. The van der Waals surface area contributed by atoms with Gasteiger partial charge in [-0.3, -0.25) is 6.08 Å². The first kappa shape index (κ1) is 3.08. The quantitative estimate of drug-likeness (QED) is 0.339. The van der Waals surface area contributed by atoms with E-state index in [9.17, 15) is 0 Å². The van der Waals surface area contributed by atoms with Gasteiger partial charge in [0.25, 0.3) is 0 Å². The van der Waals surface area contributed by atoms with E-state index < -0.39 is 0 Å². The average molecular weight is 83.1 g/mol. The predicted octanol–water partition coefficient (Wildman–Crippen LogP) is 1.21. The topological polar surface area (TPSA) is 0 Å². The summed E-state index contributed by atoms with van der Waals surface area (Å²) in [6.45, 7) is 0. The third-order valence-corrected chi connectivity index (χ3v) is 1.04. The monoisotopic (exact) mass is 83.0 g/mol. The maximum atomic E-state index is 2.81. The van der Waals surface area contributed by atoms with Crippen LogP contribution in [0.3, 0.4) is 0 Å². The molecule has 0 aromatic heterocycles. The molecule has 0 saturated carbocycles. The first-order valence-electron chi connectivity index (χ1n) is 1.36. The Morgan fingerprint density at radius 2 is 2.60 bits per heavy atom. The van der Waals surface area contributed by atoms with E-state index in [1.165, 1.54) is 4.91 Å². The van der Waals surface area contributed by atoms with Crippen LogP contribution in [0.25, 0.3) is 0 Å². The minimum absolute atomic E-state index is 1.17. The van der Waals surface area contributed by atoms with Crippen molar-refractivity contribution < 1.29 is 0 Å². The lowest BCUT2D eigenvalue weighted by molar-refractivity contribution is 2.23. The molecule has 0 fully saturated rings. The fourth-order valence-corrected chi connectivity index (χ4v) is 0.383. The maximum Gasteiger partial charge on any atom is -0.0273 e. The van der Waals surface area contributed by atoms with Crippen molar-refractivity contribution in [1.29, 1.82) is 0 Å². The largest absolute Gasteiger partial charge is 0.407 e. The molecule has 0 nitrogen and oxygen atoms in total. The van der Waals surface area contributed by atoms with Gasteiger partial charge < -0.3 is 5.73 Å². The molecule has 0 aliphatic heterocycles. The normalized spacial score (nSPS) is 15.0. The summed E-state index contributed by atoms with van der Waals surface area (Å²) >= 11 is 1.69. The first-order chi connectivity index (χ1) is 2.43. The van der Waals surface area contributed by atoms with Crippen molar-refractivity contribution in [3.63, 3.8) is 0 Å². The van der Waals surface area contributed by atoms with Crippen LogP contribution in [0.2, 0.25) is 0 Å². The summed E-state index contributed by atoms with van der Waals surface area (Å²) in [5.41, 5.74) is 2.81. The fourth-order valence-electron chi connectivity index (χ4n) is 0.128. The molecule has 0 saturated heterocycles. The summed E-state index contributed by atoms with van der Waals surface area (Å²) in [6, 6.07) is 0. The molecular weight excluding hydrogens is 80.1 g/mol. The lowest BCUT2D eigenvalue weighted by atomic mass is 11.0. The molecular formula is C4H3S-. The van der Waals surface area contributed by atoms with Gasteiger partial charge in [-0.2, -0.15) is 4.91 Å². The molecule has 0 atom stereocenters. The summed E-state index contributed by atoms with van der Waals surface area (Å²) < 4.78 is 0. The molecule has 0 heterocycles. The summed E-state index contributed by atoms with van der Waals surface area (Å²) in [7, 11) is 0. The third-order valence-electron chi connectivity index (χ3n) is 0.431. The van der Waals surface area contributed by atoms with Crippen LogP contribution < -0.4 is 0 Å². The molecule has 1 aliphatic carbocycles. The SMILES string of the molecule is CSC1=C=[C-]1. The molecule has 0 radical (unpaired) electrons. The van der Waals surface area contributed by atoms with Gasteiger partial charge in [0.15, 0.2) is 0 Å². The van der Waals surface area contributed by atoms with Crippen molar-refractivity contribution in [3.8, 4) is 0 Å². The Balaban J connectivity index is 2.30. The Labute approximate surface area is 35.6 Å². The van der Waals surface area contributed by atoms with Gasteiger partial charge in [0, 0.05) is 0 Å². The third kappa shape index (κ3) is 0.571. The smallest absolute Gasteiger partial charge is 0.0273 e. The zero-order chi connectivity index (χ0) is 3.70. The van der Waals surface area contributed by atoms with Gasteiger partial charge >= 0.3 is 0 Å². The Kier molecular flexibility index (Phi) is 0.569. The zero-order valence-corrected chi connectivity index (χ0v) is 3.72. The molecule has 0 aromatic rings. The first-order valence-corrected chi connectivity index (χ1v) is 2.59.